The standard InChI is InChI=1S/C16H22BrNO3/c1-11(2)16(3,15(20)21)9-14(19)18(4)10-12-5-7-13(17)8-6-12/h5-8,11H,9-10H2,1-4H3,(H,20,21). The summed E-state index contributed by atoms with van der Waals surface area (Å²) in [5, 5.41) is 9.38. The van der Waals surface area contributed by atoms with Gasteiger partial charge in [0.2, 0.25) is 5.91 Å². The highest BCUT2D eigenvalue weighted by Crippen LogP contribution is 2.32. The van der Waals surface area contributed by atoms with Crippen LogP contribution in [0.4, 0.5) is 0 Å². The molecule has 116 valence electrons. The molecule has 0 aliphatic heterocycles. The number of hydrogen-bond acceptors (Lipinski definition) is 2. The molecule has 5 heteroatoms. The highest BCUT2D eigenvalue weighted by molar-refractivity contribution is 9.10. The largest absolute Gasteiger partial charge is 0.481 e. The summed E-state index contributed by atoms with van der Waals surface area (Å²) in [5.74, 6) is -1.19. The average Bonchev–Trinajstić information content (AvgIpc) is 2.40. The van der Waals surface area contributed by atoms with Gasteiger partial charge in [-0.1, -0.05) is 41.9 Å². The summed E-state index contributed by atoms with van der Waals surface area (Å²) < 4.78 is 0.985. The van der Waals surface area contributed by atoms with Crippen molar-refractivity contribution >= 4 is 27.8 Å². The number of benzene rings is 1. The van der Waals surface area contributed by atoms with Crippen LogP contribution in [0.2, 0.25) is 0 Å². The lowest BCUT2D eigenvalue weighted by molar-refractivity contribution is -0.155. The lowest BCUT2D eigenvalue weighted by atomic mass is 9.76. The van der Waals surface area contributed by atoms with Crippen LogP contribution in [0.5, 0.6) is 0 Å². The number of carboxylic acids is 1. The van der Waals surface area contributed by atoms with Crippen LogP contribution in [0.1, 0.15) is 32.8 Å². The van der Waals surface area contributed by atoms with Crippen molar-refractivity contribution in [2.45, 2.75) is 33.7 Å². The van der Waals surface area contributed by atoms with Crippen LogP contribution < -0.4 is 0 Å². The molecule has 0 saturated heterocycles. The van der Waals surface area contributed by atoms with Gasteiger partial charge in [0.15, 0.2) is 0 Å². The smallest absolute Gasteiger partial charge is 0.310 e. The molecule has 1 rings (SSSR count). The number of amides is 1. The number of rotatable bonds is 6. The van der Waals surface area contributed by atoms with Crippen LogP contribution in [-0.4, -0.2) is 28.9 Å². The molecule has 0 spiro atoms. The van der Waals surface area contributed by atoms with Gasteiger partial charge in [0.1, 0.15) is 0 Å². The van der Waals surface area contributed by atoms with E-state index in [0.717, 1.165) is 10.0 Å². The van der Waals surface area contributed by atoms with E-state index < -0.39 is 11.4 Å². The second-order valence-electron chi connectivity index (χ2n) is 5.93. The molecule has 0 heterocycles. The van der Waals surface area contributed by atoms with Gasteiger partial charge in [0.25, 0.3) is 0 Å². The summed E-state index contributed by atoms with van der Waals surface area (Å²) in [5.41, 5.74) is -0.0268. The number of aliphatic carboxylic acids is 1. The van der Waals surface area contributed by atoms with E-state index in [-0.39, 0.29) is 18.2 Å². The molecule has 0 aliphatic carbocycles. The molecule has 1 aromatic rings. The van der Waals surface area contributed by atoms with Gasteiger partial charge in [-0.25, -0.2) is 0 Å². The topological polar surface area (TPSA) is 57.6 Å². The fourth-order valence-electron chi connectivity index (χ4n) is 1.93. The maximum absolute atomic E-state index is 12.3. The van der Waals surface area contributed by atoms with Crippen LogP contribution in [0.3, 0.4) is 0 Å². The molecule has 0 aromatic heterocycles. The quantitative estimate of drug-likeness (QED) is 0.848. The second kappa shape index (κ2) is 7.07. The predicted octanol–water partition coefficient (Wildman–Crippen LogP) is 3.54. The zero-order chi connectivity index (χ0) is 16.2. The van der Waals surface area contributed by atoms with Crippen LogP contribution >= 0.6 is 15.9 Å². The third kappa shape index (κ3) is 4.56. The van der Waals surface area contributed by atoms with Crippen LogP contribution in [0.15, 0.2) is 28.7 Å². The molecule has 1 N–H and O–H groups in total. The van der Waals surface area contributed by atoms with Gasteiger partial charge >= 0.3 is 5.97 Å². The average molecular weight is 356 g/mol. The minimum absolute atomic E-state index is 0.00697. The van der Waals surface area contributed by atoms with Crippen molar-refractivity contribution in [1.29, 1.82) is 0 Å². The molecule has 4 nitrogen and oxygen atoms in total. The highest BCUT2D eigenvalue weighted by Gasteiger charge is 2.39. The summed E-state index contributed by atoms with van der Waals surface area (Å²) in [4.78, 5) is 25.3. The van der Waals surface area contributed by atoms with Gasteiger partial charge in [0, 0.05) is 24.5 Å². The Hall–Kier alpha value is -1.36. The Kier molecular flexibility index (Phi) is 5.96. The number of hydrogen-bond donors (Lipinski definition) is 1. The minimum atomic E-state index is -1.04. The van der Waals surface area contributed by atoms with Gasteiger partial charge in [-0.3, -0.25) is 9.59 Å². The number of carbonyl (C=O) groups is 2. The molecular formula is C16H22BrNO3. The van der Waals surface area contributed by atoms with Crippen molar-refractivity contribution in [2.75, 3.05) is 7.05 Å². The second-order valence-corrected chi connectivity index (χ2v) is 6.85. The Morgan fingerprint density at radius 3 is 2.24 bits per heavy atom. The van der Waals surface area contributed by atoms with Gasteiger partial charge in [-0.05, 0) is 30.5 Å². The molecular weight excluding hydrogens is 334 g/mol. The van der Waals surface area contributed by atoms with Gasteiger partial charge in [-0.2, -0.15) is 0 Å². The fraction of sp³-hybridized carbons (Fsp3) is 0.500. The normalized spacial score (nSPS) is 13.8. The van der Waals surface area contributed by atoms with E-state index in [9.17, 15) is 14.7 Å². The molecule has 1 amide bonds. The van der Waals surface area contributed by atoms with Crippen molar-refractivity contribution in [2.24, 2.45) is 11.3 Å². The first-order valence-corrected chi connectivity index (χ1v) is 7.68. The molecule has 0 radical (unpaired) electrons. The van der Waals surface area contributed by atoms with Gasteiger partial charge in [0.05, 0.1) is 5.41 Å². The highest BCUT2D eigenvalue weighted by atomic mass is 79.9. The molecule has 0 aliphatic rings. The molecule has 1 aromatic carbocycles. The maximum Gasteiger partial charge on any atom is 0.310 e. The third-order valence-electron chi connectivity index (χ3n) is 4.04. The molecule has 21 heavy (non-hydrogen) atoms. The maximum atomic E-state index is 12.3. The van der Waals surface area contributed by atoms with E-state index >= 15 is 0 Å². The Morgan fingerprint density at radius 1 is 1.29 bits per heavy atom. The summed E-state index contributed by atoms with van der Waals surface area (Å²) in [6, 6.07) is 7.71. The summed E-state index contributed by atoms with van der Waals surface area (Å²) >= 11 is 3.37. The molecule has 1 atom stereocenters. The number of carbonyl (C=O) groups excluding carboxylic acids is 1. The minimum Gasteiger partial charge on any atom is -0.481 e. The van der Waals surface area contributed by atoms with Crippen molar-refractivity contribution in [3.8, 4) is 0 Å². The van der Waals surface area contributed by atoms with Crippen molar-refractivity contribution in [3.05, 3.63) is 34.3 Å². The zero-order valence-electron chi connectivity index (χ0n) is 12.9. The van der Waals surface area contributed by atoms with E-state index in [1.165, 1.54) is 0 Å². The first-order chi connectivity index (χ1) is 9.66. The number of nitrogens with zero attached hydrogens (tertiary/aromatic N) is 1. The van der Waals surface area contributed by atoms with Crippen LogP contribution in [0.25, 0.3) is 0 Å². The summed E-state index contributed by atoms with van der Waals surface area (Å²) in [6.45, 7) is 5.76. The molecule has 1 unspecified atom stereocenters. The first-order valence-electron chi connectivity index (χ1n) is 6.88. The Labute approximate surface area is 134 Å². The summed E-state index contributed by atoms with van der Waals surface area (Å²) in [7, 11) is 1.70. The first kappa shape index (κ1) is 17.7. The fourth-order valence-corrected chi connectivity index (χ4v) is 2.19. The van der Waals surface area contributed by atoms with Crippen molar-refractivity contribution < 1.29 is 14.7 Å². The van der Waals surface area contributed by atoms with E-state index in [1.807, 2.05) is 38.1 Å². The van der Waals surface area contributed by atoms with E-state index in [4.69, 9.17) is 0 Å². The Morgan fingerprint density at radius 2 is 1.81 bits per heavy atom. The number of carboxylic acid groups (broad SMARTS) is 1. The van der Waals surface area contributed by atoms with Gasteiger partial charge in [-0.15, -0.1) is 0 Å². The Balaban J connectivity index is 2.74. The van der Waals surface area contributed by atoms with E-state index in [0.29, 0.717) is 6.54 Å². The SMILES string of the molecule is CC(C)C(C)(CC(=O)N(C)Cc1ccc(Br)cc1)C(=O)O. The van der Waals surface area contributed by atoms with Crippen molar-refractivity contribution in [1.82, 2.24) is 4.90 Å². The predicted molar refractivity (Wildman–Crippen MR) is 85.8 cm³/mol. The van der Waals surface area contributed by atoms with E-state index in [1.54, 1.807) is 18.9 Å². The summed E-state index contributed by atoms with van der Waals surface area (Å²) in [6.07, 6.45) is 0.00697. The zero-order valence-corrected chi connectivity index (χ0v) is 14.5. The molecule has 0 bridgehead atoms. The Bertz CT molecular complexity index is 513. The van der Waals surface area contributed by atoms with E-state index in [2.05, 4.69) is 15.9 Å². The molecule has 0 saturated carbocycles. The van der Waals surface area contributed by atoms with Crippen LogP contribution in [-0.2, 0) is 16.1 Å². The monoisotopic (exact) mass is 355 g/mol. The van der Waals surface area contributed by atoms with Crippen LogP contribution in [0, 0.1) is 11.3 Å². The van der Waals surface area contributed by atoms with Crippen molar-refractivity contribution in [3.63, 3.8) is 0 Å². The molecule has 0 fully saturated rings. The lowest BCUT2D eigenvalue weighted by Gasteiger charge is -2.30. The van der Waals surface area contributed by atoms with Gasteiger partial charge < -0.3 is 10.0 Å². The number of halogens is 1. The lowest BCUT2D eigenvalue weighted by Crippen LogP contribution is -2.39. The third-order valence-corrected chi connectivity index (χ3v) is 4.57.